The molecular weight excluding hydrogens is 547 g/mol. The zero-order valence-corrected chi connectivity index (χ0v) is 23.6. The van der Waals surface area contributed by atoms with Crippen molar-refractivity contribution < 1.29 is 27.1 Å². The first-order chi connectivity index (χ1) is 19.7. The summed E-state index contributed by atoms with van der Waals surface area (Å²) in [5.74, 6) is -0.925. The number of ether oxygens (including phenoxy) is 2. The lowest BCUT2D eigenvalue weighted by Gasteiger charge is -2.14. The number of aryl methyl sites for hydroxylation is 1. The van der Waals surface area contributed by atoms with Crippen molar-refractivity contribution in [2.45, 2.75) is 38.1 Å². The lowest BCUT2D eigenvalue weighted by atomic mass is 10.1. The van der Waals surface area contributed by atoms with E-state index in [1.54, 1.807) is 24.5 Å². The van der Waals surface area contributed by atoms with Gasteiger partial charge in [-0.2, -0.15) is 8.42 Å². The minimum absolute atomic E-state index is 0.0773. The number of nitrogens with zero attached hydrogens (tertiary/aromatic N) is 3. The van der Waals surface area contributed by atoms with E-state index < -0.39 is 21.7 Å². The van der Waals surface area contributed by atoms with E-state index in [9.17, 15) is 17.6 Å². The molecule has 0 saturated carbocycles. The fourth-order valence-corrected chi connectivity index (χ4v) is 4.74. The first-order valence-electron chi connectivity index (χ1n) is 13.2. The molecular formula is C30H31FN4O5S. The Morgan fingerprint density at radius 3 is 2.59 bits per heavy atom. The molecule has 0 atom stereocenters. The van der Waals surface area contributed by atoms with Gasteiger partial charge in [-0.05, 0) is 73.2 Å². The number of sulfonamides is 1. The Morgan fingerprint density at radius 2 is 1.85 bits per heavy atom. The molecule has 1 N–H and O–H groups in total. The van der Waals surface area contributed by atoms with Crippen molar-refractivity contribution in [1.82, 2.24) is 19.7 Å². The average Bonchev–Trinajstić information content (AvgIpc) is 2.96. The van der Waals surface area contributed by atoms with E-state index in [1.807, 2.05) is 30.7 Å². The van der Waals surface area contributed by atoms with Crippen molar-refractivity contribution in [1.29, 1.82) is 0 Å². The minimum Gasteiger partial charge on any atom is -0.493 e. The normalized spacial score (nSPS) is 11.3. The summed E-state index contributed by atoms with van der Waals surface area (Å²) in [6.45, 7) is 4.60. The Morgan fingerprint density at radius 1 is 1.00 bits per heavy atom. The summed E-state index contributed by atoms with van der Waals surface area (Å²) in [7, 11) is -4.24. The summed E-state index contributed by atoms with van der Waals surface area (Å²) in [5.41, 5.74) is 1.74. The van der Waals surface area contributed by atoms with Crippen LogP contribution in [0.1, 0.15) is 42.6 Å². The van der Waals surface area contributed by atoms with Crippen molar-refractivity contribution in [3.63, 3.8) is 0 Å². The van der Waals surface area contributed by atoms with Crippen LogP contribution in [0.3, 0.4) is 0 Å². The molecule has 0 unspecified atom stereocenters. The van der Waals surface area contributed by atoms with E-state index in [0.29, 0.717) is 30.0 Å². The number of hydrogen-bond donors (Lipinski definition) is 1. The maximum Gasteiger partial charge on any atom is 0.281 e. The molecule has 0 spiro atoms. The molecule has 0 bridgehead atoms. The lowest BCUT2D eigenvalue weighted by Crippen LogP contribution is -2.31. The molecule has 1 amide bonds. The molecule has 0 radical (unpaired) electrons. The van der Waals surface area contributed by atoms with Crippen LogP contribution >= 0.6 is 0 Å². The highest BCUT2D eigenvalue weighted by Crippen LogP contribution is 2.28. The quantitative estimate of drug-likeness (QED) is 0.214. The maximum absolute atomic E-state index is 14.4. The second-order valence-electron chi connectivity index (χ2n) is 9.70. The molecule has 4 rings (SSSR count). The van der Waals surface area contributed by atoms with Crippen LogP contribution in [0, 0.1) is 11.7 Å². The van der Waals surface area contributed by atoms with E-state index in [-0.39, 0.29) is 29.0 Å². The van der Waals surface area contributed by atoms with Gasteiger partial charge in [0, 0.05) is 30.2 Å². The number of amides is 1. The number of pyridine rings is 3. The molecule has 9 nitrogen and oxygen atoms in total. The second-order valence-corrected chi connectivity index (χ2v) is 11.3. The molecule has 4 aromatic rings. The van der Waals surface area contributed by atoms with Gasteiger partial charge in [-0.3, -0.25) is 9.78 Å². The van der Waals surface area contributed by atoms with E-state index in [4.69, 9.17) is 9.47 Å². The number of benzene rings is 1. The number of carbonyl (C=O) groups is 1. The van der Waals surface area contributed by atoms with Crippen LogP contribution < -0.4 is 14.2 Å². The number of rotatable bonds is 13. The van der Waals surface area contributed by atoms with Crippen LogP contribution in [0.5, 0.6) is 11.6 Å². The molecule has 3 heterocycles. The van der Waals surface area contributed by atoms with Gasteiger partial charge in [0.05, 0.1) is 18.9 Å². The molecule has 11 heteroatoms. The third kappa shape index (κ3) is 8.55. The number of unbranched alkanes of at least 4 members (excludes halogenated alkanes) is 1. The zero-order chi connectivity index (χ0) is 29.2. The Hall–Kier alpha value is -4.38. The first kappa shape index (κ1) is 29.6. The number of aromatic nitrogens is 3. The minimum atomic E-state index is -4.24. The third-order valence-electron chi connectivity index (χ3n) is 5.82. The maximum atomic E-state index is 14.4. The fraction of sp³-hybridized carbons (Fsp3) is 0.267. The largest absolute Gasteiger partial charge is 0.493 e. The third-order valence-corrected chi connectivity index (χ3v) is 7.06. The molecule has 0 aliphatic carbocycles. The predicted molar refractivity (Wildman–Crippen MR) is 152 cm³/mol. The summed E-state index contributed by atoms with van der Waals surface area (Å²) in [6.07, 6.45) is 7.05. The summed E-state index contributed by atoms with van der Waals surface area (Å²) in [5, 5.41) is -0.301. The smallest absolute Gasteiger partial charge is 0.281 e. The molecule has 0 fully saturated rings. The lowest BCUT2D eigenvalue weighted by molar-refractivity contribution is 0.0976. The van der Waals surface area contributed by atoms with Crippen molar-refractivity contribution in [2.24, 2.45) is 5.92 Å². The van der Waals surface area contributed by atoms with Crippen LogP contribution in [-0.2, 0) is 16.4 Å². The Kier molecular flexibility index (Phi) is 9.96. The topological polar surface area (TPSA) is 120 Å². The van der Waals surface area contributed by atoms with Crippen molar-refractivity contribution in [3.8, 4) is 22.9 Å². The Balaban J connectivity index is 1.57. The van der Waals surface area contributed by atoms with Crippen LogP contribution in [0.15, 0.2) is 84.3 Å². The van der Waals surface area contributed by atoms with Crippen molar-refractivity contribution in [2.75, 3.05) is 13.2 Å². The highest BCUT2D eigenvalue weighted by atomic mass is 32.2. The van der Waals surface area contributed by atoms with Gasteiger partial charge in [-0.1, -0.05) is 26.0 Å². The fourth-order valence-electron chi connectivity index (χ4n) is 3.82. The van der Waals surface area contributed by atoms with Crippen LogP contribution in [0.25, 0.3) is 11.3 Å². The van der Waals surface area contributed by atoms with Gasteiger partial charge in [0.1, 0.15) is 17.1 Å². The van der Waals surface area contributed by atoms with Gasteiger partial charge in [0.25, 0.3) is 15.9 Å². The molecule has 0 aliphatic rings. The Labute approximate surface area is 238 Å². The van der Waals surface area contributed by atoms with Gasteiger partial charge in [-0.25, -0.2) is 19.1 Å². The number of halogens is 1. The average molecular weight is 579 g/mol. The monoisotopic (exact) mass is 578 g/mol. The molecule has 214 valence electrons. The van der Waals surface area contributed by atoms with E-state index in [1.165, 1.54) is 42.6 Å². The molecule has 0 aliphatic heterocycles. The molecule has 3 aromatic heterocycles. The number of nitrogens with one attached hydrogen (secondary N) is 1. The summed E-state index contributed by atoms with van der Waals surface area (Å²) >= 11 is 0. The van der Waals surface area contributed by atoms with Gasteiger partial charge in [-0.15, -0.1) is 0 Å². The summed E-state index contributed by atoms with van der Waals surface area (Å²) in [4.78, 5) is 25.5. The highest BCUT2D eigenvalue weighted by Gasteiger charge is 2.23. The zero-order valence-electron chi connectivity index (χ0n) is 22.8. The van der Waals surface area contributed by atoms with Crippen molar-refractivity contribution in [3.05, 3.63) is 96.2 Å². The molecule has 1 aromatic carbocycles. The Bertz CT molecular complexity index is 1570. The van der Waals surface area contributed by atoms with Crippen LogP contribution in [0.2, 0.25) is 0 Å². The predicted octanol–water partition coefficient (Wildman–Crippen LogP) is 5.23. The second kappa shape index (κ2) is 13.8. The SMILES string of the molecule is CC(C)COc1cc(F)cc(-c2ccc(C(=O)NS(=O)(=O)c3ccccn3)c(OCCCCc3cccnc3)n2)c1. The van der Waals surface area contributed by atoms with E-state index >= 15 is 0 Å². The molecule has 41 heavy (non-hydrogen) atoms. The van der Waals surface area contributed by atoms with Gasteiger partial charge >= 0.3 is 0 Å². The summed E-state index contributed by atoms with van der Waals surface area (Å²) < 4.78 is 53.5. The number of hydrogen-bond acceptors (Lipinski definition) is 8. The summed E-state index contributed by atoms with van der Waals surface area (Å²) in [6, 6.07) is 15.3. The van der Waals surface area contributed by atoms with Crippen molar-refractivity contribution >= 4 is 15.9 Å². The number of carbonyl (C=O) groups excluding carboxylic acids is 1. The highest BCUT2D eigenvalue weighted by molar-refractivity contribution is 7.90. The van der Waals surface area contributed by atoms with Crippen LogP contribution in [0.4, 0.5) is 4.39 Å². The van der Waals surface area contributed by atoms with Gasteiger partial charge < -0.3 is 9.47 Å². The van der Waals surface area contributed by atoms with Gasteiger partial charge in [0.2, 0.25) is 5.88 Å². The van der Waals surface area contributed by atoms with E-state index in [2.05, 4.69) is 15.0 Å². The first-order valence-corrected chi connectivity index (χ1v) is 14.6. The van der Waals surface area contributed by atoms with E-state index in [0.717, 1.165) is 18.4 Å². The standard InChI is InChI=1S/C30H31FN4O5S/c1-21(2)20-40-25-17-23(16-24(31)18-25)27-12-11-26(29(36)35-41(37,38)28-10-3-5-14-33-28)30(34-27)39-15-6-4-8-22-9-7-13-32-19-22/h3,5,7,9-14,16-19,21H,4,6,8,15,20H2,1-2H3,(H,35,36). The molecule has 0 saturated heterocycles. The van der Waals surface area contributed by atoms with Gasteiger partial charge in [0.15, 0.2) is 5.03 Å². The van der Waals surface area contributed by atoms with Crippen LogP contribution in [-0.4, -0.2) is 42.5 Å².